The van der Waals surface area contributed by atoms with Crippen LogP contribution in [0.15, 0.2) is 12.1 Å². The van der Waals surface area contributed by atoms with E-state index in [1.807, 2.05) is 39.8 Å². The van der Waals surface area contributed by atoms with Crippen molar-refractivity contribution < 1.29 is 5.11 Å². The lowest BCUT2D eigenvalue weighted by atomic mass is 9.83. The van der Waals surface area contributed by atoms with Crippen LogP contribution in [-0.4, -0.2) is 11.7 Å². The first-order valence-corrected chi connectivity index (χ1v) is 5.05. The summed E-state index contributed by atoms with van der Waals surface area (Å²) in [7, 11) is 0. The highest BCUT2D eigenvalue weighted by atomic mass is 16.3. The first-order valence-electron chi connectivity index (χ1n) is 5.05. The van der Waals surface area contributed by atoms with Crippen molar-refractivity contribution in [3.05, 3.63) is 34.4 Å². The molecule has 0 radical (unpaired) electrons. The molecule has 2 nitrogen and oxygen atoms in total. The van der Waals surface area contributed by atoms with Crippen LogP contribution in [0.3, 0.4) is 0 Å². The maximum absolute atomic E-state index is 9.29. The number of hydrogen-bond donors (Lipinski definition) is 1. The Bertz CT molecular complexity index is 413. The Morgan fingerprint density at radius 2 is 1.93 bits per heavy atom. The van der Waals surface area contributed by atoms with E-state index in [2.05, 4.69) is 6.07 Å². The van der Waals surface area contributed by atoms with Crippen LogP contribution in [0.2, 0.25) is 0 Å². The molecule has 1 rings (SSSR count). The van der Waals surface area contributed by atoms with Gasteiger partial charge >= 0.3 is 0 Å². The summed E-state index contributed by atoms with van der Waals surface area (Å²) in [6.45, 7) is 7.97. The first kappa shape index (κ1) is 11.7. The Labute approximate surface area is 91.2 Å². The molecule has 1 aromatic rings. The Morgan fingerprint density at radius 1 is 1.33 bits per heavy atom. The van der Waals surface area contributed by atoms with E-state index in [0.29, 0.717) is 5.56 Å². The zero-order chi connectivity index (χ0) is 11.6. The van der Waals surface area contributed by atoms with Crippen LogP contribution >= 0.6 is 0 Å². The summed E-state index contributed by atoms with van der Waals surface area (Å²) < 4.78 is 0. The van der Waals surface area contributed by atoms with Crippen molar-refractivity contribution in [2.24, 2.45) is 0 Å². The summed E-state index contributed by atoms with van der Waals surface area (Å²) in [6.07, 6.45) is 0. The number of aliphatic hydroxyl groups is 1. The molecule has 1 aromatic carbocycles. The van der Waals surface area contributed by atoms with Crippen molar-refractivity contribution in [3.8, 4) is 6.07 Å². The van der Waals surface area contributed by atoms with Gasteiger partial charge in [-0.1, -0.05) is 19.9 Å². The number of hydrogen-bond acceptors (Lipinski definition) is 2. The summed E-state index contributed by atoms with van der Waals surface area (Å²) in [5, 5.41) is 18.3. The highest BCUT2D eigenvalue weighted by molar-refractivity contribution is 5.46. The molecule has 0 saturated heterocycles. The molecule has 0 atom stereocenters. The van der Waals surface area contributed by atoms with Crippen LogP contribution in [0.4, 0.5) is 0 Å². The molecule has 0 heterocycles. The normalized spacial score (nSPS) is 11.2. The van der Waals surface area contributed by atoms with Crippen LogP contribution in [0, 0.1) is 25.2 Å². The third kappa shape index (κ3) is 2.19. The van der Waals surface area contributed by atoms with E-state index in [4.69, 9.17) is 5.26 Å². The summed E-state index contributed by atoms with van der Waals surface area (Å²) in [6, 6.07) is 6.11. The van der Waals surface area contributed by atoms with E-state index in [0.717, 1.165) is 16.7 Å². The molecule has 15 heavy (non-hydrogen) atoms. The molecular weight excluding hydrogens is 186 g/mol. The van der Waals surface area contributed by atoms with E-state index in [1.165, 1.54) is 0 Å². The number of aryl methyl sites for hydroxylation is 1. The molecule has 0 aliphatic heterocycles. The van der Waals surface area contributed by atoms with Crippen molar-refractivity contribution in [1.82, 2.24) is 0 Å². The van der Waals surface area contributed by atoms with Crippen LogP contribution in [0.25, 0.3) is 0 Å². The van der Waals surface area contributed by atoms with E-state index in [1.54, 1.807) is 0 Å². The van der Waals surface area contributed by atoms with Crippen molar-refractivity contribution in [3.63, 3.8) is 0 Å². The predicted molar refractivity (Wildman–Crippen MR) is 60.7 cm³/mol. The lowest BCUT2D eigenvalue weighted by Gasteiger charge is -2.23. The summed E-state index contributed by atoms with van der Waals surface area (Å²) in [4.78, 5) is 0. The molecule has 80 valence electrons. The molecule has 0 amide bonds. The Morgan fingerprint density at radius 3 is 2.40 bits per heavy atom. The minimum Gasteiger partial charge on any atom is -0.395 e. The standard InChI is InChI=1S/C13H17NO/c1-9-5-12(13(3,4)8-15)6-11(7-14)10(9)2/h5-6,15H,8H2,1-4H3. The SMILES string of the molecule is Cc1cc(C(C)(C)CO)cc(C#N)c1C. The Hall–Kier alpha value is -1.33. The molecular formula is C13H17NO. The molecule has 0 bridgehead atoms. The van der Waals surface area contributed by atoms with Gasteiger partial charge in [-0.25, -0.2) is 0 Å². The van der Waals surface area contributed by atoms with E-state index >= 15 is 0 Å². The van der Waals surface area contributed by atoms with E-state index in [9.17, 15) is 5.11 Å². The van der Waals surface area contributed by atoms with E-state index in [-0.39, 0.29) is 12.0 Å². The zero-order valence-corrected chi connectivity index (χ0v) is 9.76. The second-order valence-electron chi connectivity index (χ2n) is 4.62. The first-order chi connectivity index (χ1) is 6.92. The Kier molecular flexibility index (Phi) is 3.16. The molecule has 0 spiro atoms. The van der Waals surface area contributed by atoms with Crippen LogP contribution in [-0.2, 0) is 5.41 Å². The second kappa shape index (κ2) is 4.04. The maximum Gasteiger partial charge on any atom is 0.0994 e. The van der Waals surface area contributed by atoms with Crippen LogP contribution in [0.5, 0.6) is 0 Å². The second-order valence-corrected chi connectivity index (χ2v) is 4.62. The smallest absolute Gasteiger partial charge is 0.0994 e. The van der Waals surface area contributed by atoms with Crippen molar-refractivity contribution in [2.75, 3.05) is 6.61 Å². The van der Waals surface area contributed by atoms with Gasteiger partial charge in [-0.05, 0) is 36.6 Å². The summed E-state index contributed by atoms with van der Waals surface area (Å²) in [5.74, 6) is 0. The van der Waals surface area contributed by atoms with Crippen molar-refractivity contribution >= 4 is 0 Å². The lowest BCUT2D eigenvalue weighted by molar-refractivity contribution is 0.218. The topological polar surface area (TPSA) is 44.0 Å². The fourth-order valence-corrected chi connectivity index (χ4v) is 1.46. The molecule has 0 aliphatic carbocycles. The predicted octanol–water partition coefficient (Wildman–Crippen LogP) is 2.45. The minimum absolute atomic E-state index is 0.0837. The molecule has 0 aliphatic rings. The number of nitriles is 1. The zero-order valence-electron chi connectivity index (χ0n) is 9.76. The summed E-state index contributed by atoms with van der Waals surface area (Å²) >= 11 is 0. The number of rotatable bonds is 2. The van der Waals surface area contributed by atoms with Gasteiger partial charge in [-0.3, -0.25) is 0 Å². The van der Waals surface area contributed by atoms with Gasteiger partial charge in [0, 0.05) is 5.41 Å². The third-order valence-corrected chi connectivity index (χ3v) is 2.96. The fraction of sp³-hybridized carbons (Fsp3) is 0.462. The van der Waals surface area contributed by atoms with Crippen molar-refractivity contribution in [1.29, 1.82) is 5.26 Å². The molecule has 0 fully saturated rings. The highest BCUT2D eigenvalue weighted by Crippen LogP contribution is 2.26. The average Bonchev–Trinajstić information content (AvgIpc) is 2.21. The number of nitrogens with zero attached hydrogens (tertiary/aromatic N) is 1. The van der Waals surface area contributed by atoms with Gasteiger partial charge in [0.05, 0.1) is 18.2 Å². The quantitative estimate of drug-likeness (QED) is 0.802. The summed E-state index contributed by atoms with van der Waals surface area (Å²) in [5.41, 5.74) is 3.56. The van der Waals surface area contributed by atoms with Crippen LogP contribution < -0.4 is 0 Å². The number of aliphatic hydroxyl groups excluding tert-OH is 1. The average molecular weight is 203 g/mol. The van der Waals surface area contributed by atoms with Gasteiger partial charge in [0.25, 0.3) is 0 Å². The molecule has 0 saturated carbocycles. The molecule has 0 unspecified atom stereocenters. The van der Waals surface area contributed by atoms with Gasteiger partial charge in [0.1, 0.15) is 0 Å². The van der Waals surface area contributed by atoms with Crippen molar-refractivity contribution in [2.45, 2.75) is 33.1 Å². The molecule has 0 aromatic heterocycles. The number of benzene rings is 1. The lowest BCUT2D eigenvalue weighted by Crippen LogP contribution is -2.22. The third-order valence-electron chi connectivity index (χ3n) is 2.96. The van der Waals surface area contributed by atoms with Gasteiger partial charge in [0.2, 0.25) is 0 Å². The fourth-order valence-electron chi connectivity index (χ4n) is 1.46. The highest BCUT2D eigenvalue weighted by Gasteiger charge is 2.20. The van der Waals surface area contributed by atoms with Crippen LogP contribution in [0.1, 0.15) is 36.1 Å². The molecule has 1 N–H and O–H groups in total. The molecule has 2 heteroatoms. The minimum atomic E-state index is -0.288. The van der Waals surface area contributed by atoms with Gasteiger partial charge in [-0.2, -0.15) is 5.26 Å². The van der Waals surface area contributed by atoms with E-state index < -0.39 is 0 Å². The van der Waals surface area contributed by atoms with Gasteiger partial charge in [0.15, 0.2) is 0 Å². The Balaban J connectivity index is 3.36. The van der Waals surface area contributed by atoms with Gasteiger partial charge < -0.3 is 5.11 Å². The monoisotopic (exact) mass is 203 g/mol. The van der Waals surface area contributed by atoms with Gasteiger partial charge in [-0.15, -0.1) is 0 Å². The largest absolute Gasteiger partial charge is 0.395 e. The maximum atomic E-state index is 9.29.